The van der Waals surface area contributed by atoms with Crippen LogP contribution < -0.4 is 0 Å². The Kier molecular flexibility index (Phi) is 8.83. The first-order valence-electron chi connectivity index (χ1n) is 11.5. The van der Waals surface area contributed by atoms with E-state index in [0.29, 0.717) is 11.4 Å². The molecule has 2 fully saturated rings. The Morgan fingerprint density at radius 3 is 2.66 bits per heavy atom. The minimum atomic E-state index is -0.882. The van der Waals surface area contributed by atoms with Crippen molar-refractivity contribution in [1.29, 1.82) is 0 Å². The highest BCUT2D eigenvalue weighted by Crippen LogP contribution is 2.39. The minimum absolute atomic E-state index is 0.130. The van der Waals surface area contributed by atoms with Crippen molar-refractivity contribution in [2.24, 2.45) is 11.8 Å². The molecule has 4 atom stereocenters. The van der Waals surface area contributed by atoms with E-state index in [4.69, 9.17) is 16.3 Å². The third-order valence-electron chi connectivity index (χ3n) is 6.52. The fourth-order valence-corrected chi connectivity index (χ4v) is 4.93. The molecule has 1 aromatic rings. The van der Waals surface area contributed by atoms with E-state index in [9.17, 15) is 9.90 Å². The number of unbranched alkanes of at least 4 members (excludes halogenated alkanes) is 4. The van der Waals surface area contributed by atoms with Crippen LogP contribution in [0.3, 0.4) is 0 Å². The number of rotatable bonds is 8. The van der Waals surface area contributed by atoms with Crippen LogP contribution in [0.25, 0.3) is 0 Å². The van der Waals surface area contributed by atoms with Crippen LogP contribution in [0.5, 0.6) is 0 Å². The van der Waals surface area contributed by atoms with E-state index >= 15 is 0 Å². The van der Waals surface area contributed by atoms with Crippen LogP contribution in [0.15, 0.2) is 24.3 Å². The van der Waals surface area contributed by atoms with Crippen molar-refractivity contribution in [3.05, 3.63) is 34.9 Å². The summed E-state index contributed by atoms with van der Waals surface area (Å²) in [5.74, 6) is 0.550. The summed E-state index contributed by atoms with van der Waals surface area (Å²) in [5, 5.41) is 10.7. The second kappa shape index (κ2) is 11.3. The summed E-state index contributed by atoms with van der Waals surface area (Å²) in [4.78, 5) is 15.3. The van der Waals surface area contributed by atoms with E-state index in [0.717, 1.165) is 37.4 Å². The molecule has 1 amide bonds. The summed E-state index contributed by atoms with van der Waals surface area (Å²) in [7, 11) is 0. The van der Waals surface area contributed by atoms with E-state index in [2.05, 4.69) is 6.92 Å². The monoisotopic (exact) mass is 421 g/mol. The molecule has 1 aromatic carbocycles. The number of carbonyl (C=O) groups excluding carboxylic acids is 1. The number of aliphatic hydroxyl groups excluding tert-OH is 1. The Morgan fingerprint density at radius 1 is 1.14 bits per heavy atom. The Labute approximate surface area is 180 Å². The summed E-state index contributed by atoms with van der Waals surface area (Å²) >= 11 is 6.00. The number of benzene rings is 1. The molecule has 0 radical (unpaired) electrons. The summed E-state index contributed by atoms with van der Waals surface area (Å²) in [6.45, 7) is 3.91. The van der Waals surface area contributed by atoms with Crippen LogP contribution in [-0.2, 0) is 9.53 Å². The van der Waals surface area contributed by atoms with Crippen LogP contribution >= 0.6 is 11.6 Å². The van der Waals surface area contributed by atoms with Crippen molar-refractivity contribution in [3.63, 3.8) is 0 Å². The zero-order valence-corrected chi connectivity index (χ0v) is 18.4. The van der Waals surface area contributed by atoms with Gasteiger partial charge in [-0.25, -0.2) is 0 Å². The Hall–Kier alpha value is -1.10. The van der Waals surface area contributed by atoms with Gasteiger partial charge in [-0.2, -0.15) is 0 Å². The fourth-order valence-electron chi connectivity index (χ4n) is 4.80. The van der Waals surface area contributed by atoms with Crippen LogP contribution in [-0.4, -0.2) is 35.3 Å². The van der Waals surface area contributed by atoms with E-state index in [-0.39, 0.29) is 11.8 Å². The molecule has 2 saturated heterocycles. The van der Waals surface area contributed by atoms with Gasteiger partial charge in [-0.15, -0.1) is 0 Å². The SMILES string of the molecule is CCCCCCCC1CCCN(C(=O)[C@H]2CC(O)O[C@@H]2c2ccc(Cl)cc2)CC1. The maximum absolute atomic E-state index is 13.3. The first-order chi connectivity index (χ1) is 14.1. The maximum atomic E-state index is 13.3. The van der Waals surface area contributed by atoms with Gasteiger partial charge in [0, 0.05) is 24.5 Å². The molecule has 2 aliphatic rings. The second-order valence-electron chi connectivity index (χ2n) is 8.73. The van der Waals surface area contributed by atoms with Gasteiger partial charge < -0.3 is 14.7 Å². The van der Waals surface area contributed by atoms with Gasteiger partial charge >= 0.3 is 0 Å². The lowest BCUT2D eigenvalue weighted by Gasteiger charge is -2.26. The molecule has 3 rings (SSSR count). The molecule has 2 aliphatic heterocycles. The zero-order valence-electron chi connectivity index (χ0n) is 17.7. The zero-order chi connectivity index (χ0) is 20.6. The molecule has 1 N–H and O–H groups in total. The highest BCUT2D eigenvalue weighted by atomic mass is 35.5. The number of carbonyl (C=O) groups is 1. The summed E-state index contributed by atoms with van der Waals surface area (Å²) in [6.07, 6.45) is 10.4. The van der Waals surface area contributed by atoms with Crippen molar-refractivity contribution >= 4 is 17.5 Å². The van der Waals surface area contributed by atoms with Gasteiger partial charge in [0.2, 0.25) is 5.91 Å². The first kappa shape index (κ1) is 22.6. The maximum Gasteiger partial charge on any atom is 0.228 e. The molecule has 2 heterocycles. The van der Waals surface area contributed by atoms with Gasteiger partial charge in [-0.1, -0.05) is 69.2 Å². The van der Waals surface area contributed by atoms with Gasteiger partial charge in [-0.05, 0) is 42.9 Å². The summed E-state index contributed by atoms with van der Waals surface area (Å²) in [5.41, 5.74) is 0.907. The summed E-state index contributed by atoms with van der Waals surface area (Å²) < 4.78 is 5.71. The highest BCUT2D eigenvalue weighted by molar-refractivity contribution is 6.30. The molecule has 0 spiro atoms. The second-order valence-corrected chi connectivity index (χ2v) is 9.17. The smallest absolute Gasteiger partial charge is 0.228 e. The molecule has 2 unspecified atom stereocenters. The Morgan fingerprint density at radius 2 is 1.90 bits per heavy atom. The van der Waals surface area contributed by atoms with E-state index < -0.39 is 12.4 Å². The number of nitrogens with zero attached hydrogens (tertiary/aromatic N) is 1. The van der Waals surface area contributed by atoms with Crippen molar-refractivity contribution < 1.29 is 14.6 Å². The van der Waals surface area contributed by atoms with Crippen LogP contribution in [0, 0.1) is 11.8 Å². The first-order valence-corrected chi connectivity index (χ1v) is 11.8. The van der Waals surface area contributed by atoms with Crippen molar-refractivity contribution in [1.82, 2.24) is 4.90 Å². The largest absolute Gasteiger partial charge is 0.368 e. The number of hydrogen-bond donors (Lipinski definition) is 1. The lowest BCUT2D eigenvalue weighted by molar-refractivity contribution is -0.138. The predicted octanol–water partition coefficient (Wildman–Crippen LogP) is 5.73. The van der Waals surface area contributed by atoms with Crippen molar-refractivity contribution in [3.8, 4) is 0 Å². The number of aliphatic hydroxyl groups is 1. The molecular weight excluding hydrogens is 386 g/mol. The van der Waals surface area contributed by atoms with E-state index in [1.807, 2.05) is 29.2 Å². The number of likely N-dealkylation sites (tertiary alicyclic amines) is 1. The molecule has 29 heavy (non-hydrogen) atoms. The van der Waals surface area contributed by atoms with Gasteiger partial charge in [0.1, 0.15) is 0 Å². The number of amides is 1. The number of ether oxygens (including phenoxy) is 1. The molecule has 0 aliphatic carbocycles. The standard InChI is InChI=1S/C24H36ClNO3/c1-2-3-4-5-6-8-18-9-7-15-26(16-14-18)24(28)21-17-22(27)29-23(21)19-10-12-20(25)13-11-19/h10-13,18,21-23,27H,2-9,14-17H2,1H3/t18?,21-,22?,23+/m0/s1. The van der Waals surface area contributed by atoms with Gasteiger partial charge in [0.25, 0.3) is 0 Å². The third kappa shape index (κ3) is 6.44. The molecule has 0 aromatic heterocycles. The highest BCUT2D eigenvalue weighted by Gasteiger charge is 2.42. The number of halogens is 1. The molecule has 162 valence electrons. The Bertz CT molecular complexity index is 636. The fraction of sp³-hybridized carbons (Fsp3) is 0.708. The van der Waals surface area contributed by atoms with E-state index in [1.54, 1.807) is 0 Å². The Balaban J connectivity index is 1.54. The van der Waals surface area contributed by atoms with E-state index in [1.165, 1.54) is 44.9 Å². The molecular formula is C24H36ClNO3. The van der Waals surface area contributed by atoms with Crippen molar-refractivity contribution in [2.45, 2.75) is 83.5 Å². The summed E-state index contributed by atoms with van der Waals surface area (Å²) in [6, 6.07) is 7.40. The van der Waals surface area contributed by atoms with Gasteiger partial charge in [0.15, 0.2) is 6.29 Å². The quantitative estimate of drug-likeness (QED) is 0.545. The van der Waals surface area contributed by atoms with Crippen LogP contribution in [0.4, 0.5) is 0 Å². The van der Waals surface area contributed by atoms with Gasteiger partial charge in [-0.3, -0.25) is 4.79 Å². The average molecular weight is 422 g/mol. The minimum Gasteiger partial charge on any atom is -0.368 e. The van der Waals surface area contributed by atoms with Gasteiger partial charge in [0.05, 0.1) is 12.0 Å². The molecule has 4 nitrogen and oxygen atoms in total. The van der Waals surface area contributed by atoms with Crippen LogP contribution in [0.2, 0.25) is 5.02 Å². The lowest BCUT2D eigenvalue weighted by Crippen LogP contribution is -2.38. The molecule has 5 heteroatoms. The molecule has 0 bridgehead atoms. The predicted molar refractivity (Wildman–Crippen MR) is 117 cm³/mol. The normalized spacial score (nSPS) is 27.8. The lowest BCUT2D eigenvalue weighted by atomic mass is 9.93. The number of hydrogen-bond acceptors (Lipinski definition) is 3. The topological polar surface area (TPSA) is 49.8 Å². The van der Waals surface area contributed by atoms with Crippen LogP contribution in [0.1, 0.15) is 82.8 Å². The van der Waals surface area contributed by atoms with Crippen molar-refractivity contribution in [2.75, 3.05) is 13.1 Å². The molecule has 0 saturated carbocycles. The third-order valence-corrected chi connectivity index (χ3v) is 6.77. The average Bonchev–Trinajstić information content (AvgIpc) is 2.95.